The first-order chi connectivity index (χ1) is 11.5. The van der Waals surface area contributed by atoms with Crippen molar-refractivity contribution >= 4 is 40.7 Å². The Labute approximate surface area is 152 Å². The molecule has 0 aliphatic heterocycles. The van der Waals surface area contributed by atoms with Crippen LogP contribution in [0.25, 0.3) is 0 Å². The minimum atomic E-state index is -0.935. The van der Waals surface area contributed by atoms with Gasteiger partial charge in [0.15, 0.2) is 0 Å². The summed E-state index contributed by atoms with van der Waals surface area (Å²) < 4.78 is 0. The van der Waals surface area contributed by atoms with Crippen molar-refractivity contribution in [2.45, 2.75) is 57.4 Å². The molecule has 2 saturated carbocycles. The van der Waals surface area contributed by atoms with Gasteiger partial charge in [0.25, 0.3) is 0 Å². The fraction of sp³-hybridized carbons (Fsp3) is 0.556. The summed E-state index contributed by atoms with van der Waals surface area (Å²) in [5.74, 6) is -0.421. The van der Waals surface area contributed by atoms with Crippen LogP contribution in [-0.2, 0) is 9.59 Å². The van der Waals surface area contributed by atoms with E-state index < -0.39 is 5.41 Å². The molecule has 0 atom stereocenters. The Balaban J connectivity index is 1.63. The number of halogens is 2. The number of carbonyl (C=O) groups is 2. The van der Waals surface area contributed by atoms with Crippen LogP contribution in [0.3, 0.4) is 0 Å². The van der Waals surface area contributed by atoms with E-state index >= 15 is 0 Å². The Morgan fingerprint density at radius 1 is 1.00 bits per heavy atom. The Morgan fingerprint density at radius 2 is 1.67 bits per heavy atom. The maximum Gasteiger partial charge on any atom is 0.240 e. The van der Waals surface area contributed by atoms with E-state index in [1.54, 1.807) is 18.2 Å². The molecule has 0 bridgehead atoms. The molecule has 0 aromatic heterocycles. The average Bonchev–Trinajstić information content (AvgIpc) is 3.35. The van der Waals surface area contributed by atoms with Crippen LogP contribution in [0.5, 0.6) is 0 Å². The van der Waals surface area contributed by atoms with Crippen LogP contribution in [0.15, 0.2) is 18.2 Å². The van der Waals surface area contributed by atoms with Crippen LogP contribution in [0.1, 0.15) is 51.4 Å². The Bertz CT molecular complexity index is 636. The minimum absolute atomic E-state index is 0.142. The van der Waals surface area contributed by atoms with Crippen molar-refractivity contribution in [2.24, 2.45) is 5.41 Å². The molecule has 0 radical (unpaired) electrons. The second-order valence-electron chi connectivity index (χ2n) is 6.82. The van der Waals surface area contributed by atoms with E-state index in [2.05, 4.69) is 10.6 Å². The zero-order valence-corrected chi connectivity index (χ0v) is 15.1. The van der Waals surface area contributed by atoms with Gasteiger partial charge in [0.1, 0.15) is 5.41 Å². The molecule has 1 aromatic rings. The van der Waals surface area contributed by atoms with Crippen molar-refractivity contribution in [1.82, 2.24) is 5.32 Å². The lowest BCUT2D eigenvalue weighted by Gasteiger charge is -2.21. The van der Waals surface area contributed by atoms with E-state index in [9.17, 15) is 9.59 Å². The summed E-state index contributed by atoms with van der Waals surface area (Å²) in [7, 11) is 0. The number of anilines is 1. The summed E-state index contributed by atoms with van der Waals surface area (Å²) in [6, 6.07) is 5.09. The Kier molecular flexibility index (Phi) is 5.36. The fourth-order valence-electron chi connectivity index (χ4n) is 3.26. The number of carbonyl (C=O) groups excluding carboxylic acids is 2. The minimum Gasteiger partial charge on any atom is -0.352 e. The van der Waals surface area contributed by atoms with E-state index in [1.165, 1.54) is 12.8 Å². The van der Waals surface area contributed by atoms with Gasteiger partial charge in [-0.05, 0) is 43.9 Å². The Morgan fingerprint density at radius 3 is 2.25 bits per heavy atom. The maximum absolute atomic E-state index is 12.7. The third-order valence-corrected chi connectivity index (χ3v) is 5.54. The second-order valence-corrected chi connectivity index (χ2v) is 7.67. The second kappa shape index (κ2) is 7.32. The quantitative estimate of drug-likeness (QED) is 0.604. The lowest BCUT2D eigenvalue weighted by molar-refractivity contribution is -0.134. The van der Waals surface area contributed by atoms with Crippen LogP contribution < -0.4 is 10.6 Å². The summed E-state index contributed by atoms with van der Waals surface area (Å²) in [5, 5.41) is 6.75. The number of benzene rings is 1. The molecule has 24 heavy (non-hydrogen) atoms. The predicted octanol–water partition coefficient (Wildman–Crippen LogP) is 4.55. The third kappa shape index (κ3) is 3.86. The highest BCUT2D eigenvalue weighted by molar-refractivity contribution is 6.36. The predicted molar refractivity (Wildman–Crippen MR) is 96.4 cm³/mol. The fourth-order valence-corrected chi connectivity index (χ4v) is 3.72. The van der Waals surface area contributed by atoms with Crippen LogP contribution in [0.2, 0.25) is 10.0 Å². The molecule has 2 fully saturated rings. The van der Waals surface area contributed by atoms with Crippen LogP contribution in [0.4, 0.5) is 5.69 Å². The van der Waals surface area contributed by atoms with Crippen molar-refractivity contribution in [1.29, 1.82) is 0 Å². The first-order valence-electron chi connectivity index (χ1n) is 8.59. The monoisotopic (exact) mass is 368 g/mol. The zero-order valence-electron chi connectivity index (χ0n) is 13.5. The molecule has 0 heterocycles. The van der Waals surface area contributed by atoms with Gasteiger partial charge in [0.05, 0.1) is 10.7 Å². The highest BCUT2D eigenvalue weighted by Gasteiger charge is 2.56. The summed E-state index contributed by atoms with van der Waals surface area (Å²) >= 11 is 12.0. The standard InChI is InChI=1S/C18H22Cl2N2O2/c19-12-7-8-15(14(20)11-12)22-17(24)18(9-10-18)16(23)21-13-5-3-1-2-4-6-13/h7-8,11,13H,1-6,9-10H2,(H,21,23)(H,22,24). The zero-order chi connectivity index (χ0) is 17.2. The lowest BCUT2D eigenvalue weighted by Crippen LogP contribution is -2.44. The van der Waals surface area contributed by atoms with E-state index in [0.29, 0.717) is 28.6 Å². The smallest absolute Gasteiger partial charge is 0.240 e. The van der Waals surface area contributed by atoms with Gasteiger partial charge in [-0.2, -0.15) is 0 Å². The van der Waals surface area contributed by atoms with E-state index in [4.69, 9.17) is 23.2 Å². The molecule has 1 aromatic carbocycles. The molecule has 2 amide bonds. The number of rotatable bonds is 4. The summed E-state index contributed by atoms with van der Waals surface area (Å²) in [6.07, 6.45) is 7.93. The number of amides is 2. The largest absolute Gasteiger partial charge is 0.352 e. The molecular weight excluding hydrogens is 347 g/mol. The van der Waals surface area contributed by atoms with Crippen molar-refractivity contribution in [2.75, 3.05) is 5.32 Å². The summed E-state index contributed by atoms with van der Waals surface area (Å²) in [6.45, 7) is 0. The highest BCUT2D eigenvalue weighted by Crippen LogP contribution is 2.47. The van der Waals surface area contributed by atoms with Gasteiger partial charge in [-0.25, -0.2) is 0 Å². The normalized spacial score (nSPS) is 20.1. The van der Waals surface area contributed by atoms with Gasteiger partial charge >= 0.3 is 0 Å². The SMILES string of the molecule is O=C(Nc1ccc(Cl)cc1Cl)C1(C(=O)NC2CCCCCC2)CC1. The molecule has 4 nitrogen and oxygen atoms in total. The molecule has 2 aliphatic rings. The molecule has 130 valence electrons. The van der Waals surface area contributed by atoms with Crippen molar-refractivity contribution in [3.8, 4) is 0 Å². The highest BCUT2D eigenvalue weighted by atomic mass is 35.5. The number of nitrogens with one attached hydrogen (secondary N) is 2. The maximum atomic E-state index is 12.7. The topological polar surface area (TPSA) is 58.2 Å². The van der Waals surface area contributed by atoms with E-state index in [1.807, 2.05) is 0 Å². The third-order valence-electron chi connectivity index (χ3n) is 4.99. The van der Waals surface area contributed by atoms with Crippen molar-refractivity contribution < 1.29 is 9.59 Å². The lowest BCUT2D eigenvalue weighted by atomic mass is 10.0. The van der Waals surface area contributed by atoms with Crippen molar-refractivity contribution in [3.05, 3.63) is 28.2 Å². The molecule has 3 rings (SSSR count). The van der Waals surface area contributed by atoms with Gasteiger partial charge in [-0.3, -0.25) is 9.59 Å². The molecule has 0 unspecified atom stereocenters. The van der Waals surface area contributed by atoms with E-state index in [-0.39, 0.29) is 17.9 Å². The van der Waals surface area contributed by atoms with Gasteiger partial charge in [-0.15, -0.1) is 0 Å². The molecule has 0 spiro atoms. The van der Waals surface area contributed by atoms with Crippen LogP contribution >= 0.6 is 23.2 Å². The molecule has 2 N–H and O–H groups in total. The van der Waals surface area contributed by atoms with Gasteiger partial charge in [-0.1, -0.05) is 48.9 Å². The summed E-state index contributed by atoms with van der Waals surface area (Å²) in [4.78, 5) is 25.3. The van der Waals surface area contributed by atoms with Crippen LogP contribution in [0, 0.1) is 5.41 Å². The number of hydrogen-bond acceptors (Lipinski definition) is 2. The van der Waals surface area contributed by atoms with Gasteiger partial charge in [0.2, 0.25) is 11.8 Å². The van der Waals surface area contributed by atoms with Crippen LogP contribution in [-0.4, -0.2) is 17.9 Å². The number of hydrogen-bond donors (Lipinski definition) is 2. The van der Waals surface area contributed by atoms with Gasteiger partial charge < -0.3 is 10.6 Å². The molecule has 2 aliphatic carbocycles. The first kappa shape index (κ1) is 17.6. The van der Waals surface area contributed by atoms with Crippen molar-refractivity contribution in [3.63, 3.8) is 0 Å². The van der Waals surface area contributed by atoms with E-state index in [0.717, 1.165) is 25.7 Å². The Hall–Kier alpha value is -1.26. The average molecular weight is 369 g/mol. The molecular formula is C18H22Cl2N2O2. The molecule has 6 heteroatoms. The first-order valence-corrected chi connectivity index (χ1v) is 9.34. The summed E-state index contributed by atoms with van der Waals surface area (Å²) in [5.41, 5.74) is -0.450. The van der Waals surface area contributed by atoms with Gasteiger partial charge in [0, 0.05) is 11.1 Å². The molecule has 0 saturated heterocycles.